The van der Waals surface area contributed by atoms with E-state index in [0.717, 1.165) is 30.2 Å². The third-order valence-electron chi connectivity index (χ3n) is 4.45. The summed E-state index contributed by atoms with van der Waals surface area (Å²) < 4.78 is 0. The fraction of sp³-hybridized carbons (Fsp3) is 0.353. The highest BCUT2D eigenvalue weighted by molar-refractivity contribution is 8.18. The molecule has 1 aromatic carbocycles. The van der Waals surface area contributed by atoms with Crippen molar-refractivity contribution >= 4 is 63.8 Å². The molecule has 2 aliphatic heterocycles. The van der Waals surface area contributed by atoms with Crippen molar-refractivity contribution in [3.05, 3.63) is 42.8 Å². The number of nitro benzene ring substituents is 1. The number of imide groups is 1. The van der Waals surface area contributed by atoms with Gasteiger partial charge in [-0.2, -0.15) is 0 Å². The Hall–Kier alpha value is -2.10. The minimum absolute atomic E-state index is 0.000687. The summed E-state index contributed by atoms with van der Waals surface area (Å²) in [6.07, 6.45) is 4.10. The highest BCUT2D eigenvalue weighted by atomic mass is 35.5. The van der Waals surface area contributed by atoms with Crippen LogP contribution in [0.2, 0.25) is 10.0 Å². The van der Waals surface area contributed by atoms with Gasteiger partial charge in [-0.3, -0.25) is 29.4 Å². The van der Waals surface area contributed by atoms with E-state index in [-0.39, 0.29) is 38.7 Å². The number of rotatable bonds is 4. The van der Waals surface area contributed by atoms with Crippen LogP contribution in [0.15, 0.2) is 17.0 Å². The predicted molar refractivity (Wildman–Crippen MR) is 106 cm³/mol. The number of hydrogen-bond acceptors (Lipinski definition) is 6. The smallest absolute Gasteiger partial charge is 0.294 e. The molecule has 2 fully saturated rings. The molecule has 1 aromatic rings. The van der Waals surface area contributed by atoms with Crippen molar-refractivity contribution in [3.63, 3.8) is 0 Å². The maximum absolute atomic E-state index is 12.6. The topological polar surface area (TPSA) is 101 Å². The van der Waals surface area contributed by atoms with Crippen molar-refractivity contribution in [1.82, 2.24) is 9.80 Å². The molecule has 2 heterocycles. The molecule has 0 aliphatic carbocycles. The molecule has 28 heavy (non-hydrogen) atoms. The van der Waals surface area contributed by atoms with Crippen LogP contribution < -0.4 is 0 Å². The summed E-state index contributed by atoms with van der Waals surface area (Å²) in [6, 6.07) is 2.45. The van der Waals surface area contributed by atoms with Crippen LogP contribution in [0.1, 0.15) is 24.8 Å². The maximum atomic E-state index is 12.6. The standard InChI is InChI=1S/C17H15Cl2N3O5S/c18-11-4-5-12(22(26)27)15(19)10(11)8-13-16(24)21(17(25)28-13)9-14(23)20-6-2-1-3-7-20/h4-5,8H,1-3,6-7,9H2/b13-8-. The van der Waals surface area contributed by atoms with E-state index < -0.39 is 16.1 Å². The third kappa shape index (κ3) is 4.16. The molecular weight excluding hydrogens is 429 g/mol. The summed E-state index contributed by atoms with van der Waals surface area (Å²) in [7, 11) is 0. The first kappa shape index (κ1) is 20.6. The zero-order valence-corrected chi connectivity index (χ0v) is 16.9. The zero-order chi connectivity index (χ0) is 20.4. The second-order valence-electron chi connectivity index (χ2n) is 6.26. The number of hydrogen-bond donors (Lipinski definition) is 0. The number of carbonyl (C=O) groups excluding carboxylic acids is 3. The van der Waals surface area contributed by atoms with Gasteiger partial charge in [0.05, 0.1) is 9.83 Å². The Balaban J connectivity index is 1.83. The summed E-state index contributed by atoms with van der Waals surface area (Å²) in [4.78, 5) is 50.1. The molecule has 0 spiro atoms. The third-order valence-corrected chi connectivity index (χ3v) is 6.09. The van der Waals surface area contributed by atoms with Crippen molar-refractivity contribution < 1.29 is 19.3 Å². The first-order valence-corrected chi connectivity index (χ1v) is 10.0. The molecule has 2 aliphatic rings. The van der Waals surface area contributed by atoms with Crippen molar-refractivity contribution in [2.24, 2.45) is 0 Å². The van der Waals surface area contributed by atoms with Crippen LogP contribution in [0.25, 0.3) is 6.08 Å². The summed E-state index contributed by atoms with van der Waals surface area (Å²) in [5.74, 6) is -0.936. The van der Waals surface area contributed by atoms with Crippen LogP contribution in [0.3, 0.4) is 0 Å². The average Bonchev–Trinajstić information content (AvgIpc) is 2.92. The van der Waals surface area contributed by atoms with Gasteiger partial charge in [-0.1, -0.05) is 23.2 Å². The summed E-state index contributed by atoms with van der Waals surface area (Å²) >= 11 is 12.7. The van der Waals surface area contributed by atoms with Crippen molar-refractivity contribution in [2.45, 2.75) is 19.3 Å². The second-order valence-corrected chi connectivity index (χ2v) is 8.04. The average molecular weight is 444 g/mol. The van der Waals surface area contributed by atoms with E-state index in [1.54, 1.807) is 4.90 Å². The summed E-state index contributed by atoms with van der Waals surface area (Å²) in [6.45, 7) is 0.895. The van der Waals surface area contributed by atoms with E-state index in [2.05, 4.69) is 0 Å². The predicted octanol–water partition coefficient (Wildman–Crippen LogP) is 3.95. The Morgan fingerprint density at radius 2 is 1.89 bits per heavy atom. The molecule has 0 radical (unpaired) electrons. The Morgan fingerprint density at radius 3 is 2.54 bits per heavy atom. The van der Waals surface area contributed by atoms with Crippen LogP contribution in [0.4, 0.5) is 10.5 Å². The Bertz CT molecular complexity index is 899. The van der Waals surface area contributed by atoms with E-state index in [1.165, 1.54) is 12.1 Å². The lowest BCUT2D eigenvalue weighted by Gasteiger charge is -2.27. The zero-order valence-electron chi connectivity index (χ0n) is 14.5. The fourth-order valence-corrected chi connectivity index (χ4v) is 4.35. The molecule has 0 atom stereocenters. The van der Waals surface area contributed by atoms with Gasteiger partial charge in [0.25, 0.3) is 16.8 Å². The molecule has 0 saturated carbocycles. The normalized spacial score (nSPS) is 18.9. The molecular formula is C17H15Cl2N3O5S. The van der Waals surface area contributed by atoms with Gasteiger partial charge in [-0.15, -0.1) is 0 Å². The van der Waals surface area contributed by atoms with Gasteiger partial charge in [0.2, 0.25) is 5.91 Å². The number of likely N-dealkylation sites (tertiary alicyclic amines) is 1. The number of carbonyl (C=O) groups is 3. The van der Waals surface area contributed by atoms with Crippen molar-refractivity contribution in [2.75, 3.05) is 19.6 Å². The van der Waals surface area contributed by atoms with E-state index in [4.69, 9.17) is 23.2 Å². The van der Waals surface area contributed by atoms with E-state index >= 15 is 0 Å². The van der Waals surface area contributed by atoms with Gasteiger partial charge in [-0.25, -0.2) is 0 Å². The Labute approximate surface area is 174 Å². The molecule has 11 heteroatoms. The lowest BCUT2D eigenvalue weighted by Crippen LogP contribution is -2.44. The molecule has 0 unspecified atom stereocenters. The lowest BCUT2D eigenvalue weighted by molar-refractivity contribution is -0.384. The number of thioether (sulfide) groups is 1. The minimum atomic E-state index is -0.668. The Morgan fingerprint density at radius 1 is 1.21 bits per heavy atom. The number of halogens is 2. The maximum Gasteiger partial charge on any atom is 0.294 e. The first-order valence-electron chi connectivity index (χ1n) is 8.45. The van der Waals surface area contributed by atoms with Crippen LogP contribution in [-0.4, -0.2) is 51.4 Å². The highest BCUT2D eigenvalue weighted by Crippen LogP contribution is 2.38. The lowest BCUT2D eigenvalue weighted by atomic mass is 10.1. The molecule has 148 valence electrons. The molecule has 8 nitrogen and oxygen atoms in total. The highest BCUT2D eigenvalue weighted by Gasteiger charge is 2.37. The molecule has 3 rings (SSSR count). The quantitative estimate of drug-likeness (QED) is 0.396. The second kappa shape index (κ2) is 8.50. The van der Waals surface area contributed by atoms with Crippen LogP contribution >= 0.6 is 35.0 Å². The summed E-state index contributed by atoms with van der Waals surface area (Å²) in [5.41, 5.74) is -0.290. The number of piperidine rings is 1. The van der Waals surface area contributed by atoms with Crippen LogP contribution in [-0.2, 0) is 9.59 Å². The van der Waals surface area contributed by atoms with Gasteiger partial charge < -0.3 is 4.90 Å². The SMILES string of the molecule is O=C(CN1C(=O)S/C(=C\c2c(Cl)ccc([N+](=O)[O-])c2Cl)C1=O)N1CCCCC1. The number of nitrogens with zero attached hydrogens (tertiary/aromatic N) is 3. The minimum Gasteiger partial charge on any atom is -0.341 e. The van der Waals surface area contributed by atoms with E-state index in [1.807, 2.05) is 0 Å². The molecule has 2 saturated heterocycles. The van der Waals surface area contributed by atoms with Crippen LogP contribution in [0.5, 0.6) is 0 Å². The van der Waals surface area contributed by atoms with Crippen molar-refractivity contribution in [1.29, 1.82) is 0 Å². The fourth-order valence-electron chi connectivity index (χ4n) is 2.98. The molecule has 0 N–H and O–H groups in total. The van der Waals surface area contributed by atoms with Gasteiger partial charge in [-0.05, 0) is 43.2 Å². The monoisotopic (exact) mass is 443 g/mol. The van der Waals surface area contributed by atoms with E-state index in [9.17, 15) is 24.5 Å². The first-order chi connectivity index (χ1) is 13.3. The number of nitro groups is 1. The molecule has 3 amide bonds. The molecule has 0 bridgehead atoms. The van der Waals surface area contributed by atoms with Gasteiger partial charge >= 0.3 is 0 Å². The van der Waals surface area contributed by atoms with E-state index in [0.29, 0.717) is 24.9 Å². The van der Waals surface area contributed by atoms with Gasteiger partial charge in [0.1, 0.15) is 11.6 Å². The van der Waals surface area contributed by atoms with Crippen LogP contribution in [0, 0.1) is 10.1 Å². The molecule has 0 aromatic heterocycles. The Kier molecular flexibility index (Phi) is 6.26. The summed E-state index contributed by atoms with van der Waals surface area (Å²) in [5, 5.41) is 10.3. The van der Waals surface area contributed by atoms with Gasteiger partial charge in [0, 0.05) is 29.7 Å². The number of amides is 3. The number of benzene rings is 1. The van der Waals surface area contributed by atoms with Crippen molar-refractivity contribution in [3.8, 4) is 0 Å². The largest absolute Gasteiger partial charge is 0.341 e. The van der Waals surface area contributed by atoms with Gasteiger partial charge in [0.15, 0.2) is 0 Å².